The van der Waals surface area contributed by atoms with Gasteiger partial charge in [0, 0.05) is 6.42 Å². The molecule has 1 aliphatic heterocycles. The number of carbonyl (C=O) groups is 1. The fourth-order valence-corrected chi connectivity index (χ4v) is 3.85. The fourth-order valence-electron chi connectivity index (χ4n) is 2.46. The Hall–Kier alpha value is -1.60. The van der Waals surface area contributed by atoms with Gasteiger partial charge in [0.15, 0.2) is 0 Å². The number of ether oxygens (including phenoxy) is 1. The van der Waals surface area contributed by atoms with Crippen molar-refractivity contribution in [1.82, 2.24) is 4.72 Å². The number of sulfonamides is 1. The van der Waals surface area contributed by atoms with Crippen molar-refractivity contribution >= 4 is 16.0 Å². The van der Waals surface area contributed by atoms with Gasteiger partial charge in [-0.3, -0.25) is 4.79 Å². The van der Waals surface area contributed by atoms with Crippen molar-refractivity contribution in [3.63, 3.8) is 0 Å². The Labute approximate surface area is 130 Å². The van der Waals surface area contributed by atoms with Gasteiger partial charge in [0.2, 0.25) is 10.0 Å². The number of carboxylic acid groups (broad SMARTS) is 1. The van der Waals surface area contributed by atoms with Crippen molar-refractivity contribution in [2.24, 2.45) is 5.92 Å². The minimum Gasteiger partial charge on any atom is -0.487 e. The number of hydrogen-bond donors (Lipinski definition) is 2. The van der Waals surface area contributed by atoms with E-state index in [4.69, 9.17) is 9.84 Å². The average molecular weight is 327 g/mol. The highest BCUT2D eigenvalue weighted by Gasteiger charge is 2.32. The Bertz CT molecular complexity index is 694. The molecule has 1 heterocycles. The zero-order chi connectivity index (χ0) is 16.7. The van der Waals surface area contributed by atoms with E-state index in [0.29, 0.717) is 12.2 Å². The normalized spacial score (nSPS) is 17.9. The second-order valence-electron chi connectivity index (χ2n) is 6.49. The maximum Gasteiger partial charge on any atom is 0.322 e. The summed E-state index contributed by atoms with van der Waals surface area (Å²) in [6.45, 7) is 7.16. The van der Waals surface area contributed by atoms with Crippen LogP contribution < -0.4 is 9.46 Å². The Morgan fingerprint density at radius 1 is 1.36 bits per heavy atom. The highest BCUT2D eigenvalue weighted by atomic mass is 32.2. The summed E-state index contributed by atoms with van der Waals surface area (Å²) in [6, 6.07) is 3.43. The lowest BCUT2D eigenvalue weighted by molar-refractivity contribution is -0.140. The van der Waals surface area contributed by atoms with Gasteiger partial charge in [-0.25, -0.2) is 8.42 Å². The highest BCUT2D eigenvalue weighted by Crippen LogP contribution is 2.36. The number of nitrogens with one attached hydrogen (secondary N) is 1. The van der Waals surface area contributed by atoms with Gasteiger partial charge >= 0.3 is 5.97 Å². The van der Waals surface area contributed by atoms with Crippen LogP contribution in [0.4, 0.5) is 0 Å². The summed E-state index contributed by atoms with van der Waals surface area (Å²) >= 11 is 0. The third-order valence-corrected chi connectivity index (χ3v) is 5.00. The first-order chi connectivity index (χ1) is 10.0. The summed E-state index contributed by atoms with van der Waals surface area (Å²) in [7, 11) is -3.89. The van der Waals surface area contributed by atoms with E-state index in [0.717, 1.165) is 5.56 Å². The van der Waals surface area contributed by atoms with Crippen molar-refractivity contribution < 1.29 is 23.1 Å². The summed E-state index contributed by atoms with van der Waals surface area (Å²) in [5.41, 5.74) is 0.448. The number of aliphatic carboxylic acids is 1. The lowest BCUT2D eigenvalue weighted by Gasteiger charge is -2.18. The molecule has 0 aromatic heterocycles. The van der Waals surface area contributed by atoms with Crippen LogP contribution in [0.1, 0.15) is 33.3 Å². The minimum atomic E-state index is -3.89. The number of rotatable bonds is 5. The number of carboxylic acids is 1. The number of benzene rings is 1. The van der Waals surface area contributed by atoms with Crippen LogP contribution in [0, 0.1) is 5.92 Å². The van der Waals surface area contributed by atoms with Crippen LogP contribution in [-0.4, -0.2) is 31.1 Å². The van der Waals surface area contributed by atoms with Crippen molar-refractivity contribution in [1.29, 1.82) is 0 Å². The second-order valence-corrected chi connectivity index (χ2v) is 8.20. The quantitative estimate of drug-likeness (QED) is 0.860. The first kappa shape index (κ1) is 16.8. The van der Waals surface area contributed by atoms with Crippen LogP contribution >= 0.6 is 0 Å². The Kier molecular flexibility index (Phi) is 4.23. The monoisotopic (exact) mass is 327 g/mol. The fraction of sp³-hybridized carbons (Fsp3) is 0.533. The van der Waals surface area contributed by atoms with Crippen molar-refractivity contribution in [3.8, 4) is 5.75 Å². The molecule has 0 aliphatic carbocycles. The molecule has 1 aromatic rings. The molecular formula is C15H21NO5S. The van der Waals surface area contributed by atoms with Gasteiger partial charge in [-0.1, -0.05) is 13.8 Å². The van der Waals surface area contributed by atoms with Gasteiger partial charge in [-0.05, 0) is 43.5 Å². The third-order valence-electron chi connectivity index (χ3n) is 3.56. The van der Waals surface area contributed by atoms with Crippen LogP contribution in [0.3, 0.4) is 0 Å². The van der Waals surface area contributed by atoms with Crippen molar-refractivity contribution in [3.05, 3.63) is 23.8 Å². The molecule has 0 bridgehead atoms. The minimum absolute atomic E-state index is 0.0550. The van der Waals surface area contributed by atoms with E-state index in [1.54, 1.807) is 26.0 Å². The van der Waals surface area contributed by atoms with Gasteiger partial charge < -0.3 is 9.84 Å². The van der Waals surface area contributed by atoms with Crippen LogP contribution in [-0.2, 0) is 21.2 Å². The Morgan fingerprint density at radius 2 is 2.00 bits per heavy atom. The Morgan fingerprint density at radius 3 is 2.55 bits per heavy atom. The summed E-state index contributed by atoms with van der Waals surface area (Å²) in [4.78, 5) is 11.2. The van der Waals surface area contributed by atoms with Crippen molar-refractivity contribution in [2.45, 2.75) is 50.7 Å². The number of hydrogen-bond acceptors (Lipinski definition) is 4. The predicted molar refractivity (Wildman–Crippen MR) is 81.4 cm³/mol. The molecule has 2 rings (SSSR count). The molecule has 0 radical (unpaired) electrons. The molecule has 0 spiro atoms. The SMILES string of the molecule is CC(C)[C@H](NS(=O)(=O)c1ccc2c(c1)CC(C)(C)O2)C(=O)O. The van der Waals surface area contributed by atoms with E-state index in [1.807, 2.05) is 13.8 Å². The molecule has 1 aliphatic rings. The average Bonchev–Trinajstić information content (AvgIpc) is 2.67. The summed E-state index contributed by atoms with van der Waals surface area (Å²) in [5, 5.41) is 9.13. The molecule has 0 amide bonds. The van der Waals surface area contributed by atoms with E-state index < -0.39 is 22.0 Å². The molecule has 22 heavy (non-hydrogen) atoms. The first-order valence-electron chi connectivity index (χ1n) is 7.09. The van der Waals surface area contributed by atoms with Gasteiger partial charge in [0.25, 0.3) is 0 Å². The summed E-state index contributed by atoms with van der Waals surface area (Å²) in [5.74, 6) is -0.879. The van der Waals surface area contributed by atoms with Crippen LogP contribution in [0.2, 0.25) is 0 Å². The maximum absolute atomic E-state index is 12.4. The zero-order valence-corrected chi connectivity index (χ0v) is 13.9. The predicted octanol–water partition coefficient (Wildman–Crippen LogP) is 1.79. The lowest BCUT2D eigenvalue weighted by Crippen LogP contribution is -2.44. The zero-order valence-electron chi connectivity index (χ0n) is 13.1. The standard InChI is InChI=1S/C15H21NO5S/c1-9(2)13(14(17)18)16-22(19,20)11-5-6-12-10(7-11)8-15(3,4)21-12/h5-7,9,13,16H,8H2,1-4H3,(H,17,18)/t13-/m0/s1. The molecule has 0 saturated heterocycles. The van der Waals surface area contributed by atoms with Crippen molar-refractivity contribution in [2.75, 3.05) is 0 Å². The summed E-state index contributed by atoms with van der Waals surface area (Å²) < 4.78 is 32.8. The van der Waals surface area contributed by atoms with E-state index >= 15 is 0 Å². The van der Waals surface area contributed by atoms with Gasteiger partial charge in [-0.15, -0.1) is 0 Å². The smallest absolute Gasteiger partial charge is 0.322 e. The highest BCUT2D eigenvalue weighted by molar-refractivity contribution is 7.89. The largest absolute Gasteiger partial charge is 0.487 e. The van der Waals surface area contributed by atoms with E-state index in [1.165, 1.54) is 6.07 Å². The molecular weight excluding hydrogens is 306 g/mol. The number of fused-ring (bicyclic) bond motifs is 1. The molecule has 2 N–H and O–H groups in total. The lowest BCUT2D eigenvalue weighted by atomic mass is 10.0. The topological polar surface area (TPSA) is 92.7 Å². The first-order valence-corrected chi connectivity index (χ1v) is 8.57. The van der Waals surface area contributed by atoms with Crippen LogP contribution in [0.15, 0.2) is 23.1 Å². The molecule has 1 atom stereocenters. The molecule has 1 aromatic carbocycles. The van der Waals surface area contributed by atoms with Gasteiger partial charge in [-0.2, -0.15) is 4.72 Å². The van der Waals surface area contributed by atoms with Gasteiger partial charge in [0.1, 0.15) is 17.4 Å². The maximum atomic E-state index is 12.4. The second kappa shape index (κ2) is 5.55. The van der Waals surface area contributed by atoms with Crippen LogP contribution in [0.5, 0.6) is 5.75 Å². The van der Waals surface area contributed by atoms with E-state index in [9.17, 15) is 13.2 Å². The van der Waals surface area contributed by atoms with Gasteiger partial charge in [0.05, 0.1) is 4.90 Å². The molecule has 6 nitrogen and oxygen atoms in total. The molecule has 0 unspecified atom stereocenters. The van der Waals surface area contributed by atoms with E-state index in [2.05, 4.69) is 4.72 Å². The third kappa shape index (κ3) is 3.41. The molecule has 0 fully saturated rings. The molecule has 7 heteroatoms. The molecule has 0 saturated carbocycles. The van der Waals surface area contributed by atoms with Crippen LogP contribution in [0.25, 0.3) is 0 Å². The summed E-state index contributed by atoms with van der Waals surface area (Å²) in [6.07, 6.45) is 0.609. The van der Waals surface area contributed by atoms with E-state index in [-0.39, 0.29) is 16.4 Å². The Balaban J connectivity index is 2.30. The molecule has 122 valence electrons.